The van der Waals surface area contributed by atoms with Gasteiger partial charge in [-0.25, -0.2) is 0 Å². The summed E-state index contributed by atoms with van der Waals surface area (Å²) in [6, 6.07) is 0. The highest BCUT2D eigenvalue weighted by Crippen LogP contribution is 2.15. The van der Waals surface area contributed by atoms with Crippen molar-refractivity contribution in [3.8, 4) is 0 Å². The summed E-state index contributed by atoms with van der Waals surface area (Å²) >= 11 is 0. The van der Waals surface area contributed by atoms with E-state index in [4.69, 9.17) is 0 Å². The van der Waals surface area contributed by atoms with Crippen LogP contribution in [-0.4, -0.2) is 40.5 Å². The lowest BCUT2D eigenvalue weighted by Gasteiger charge is -2.15. The van der Waals surface area contributed by atoms with Gasteiger partial charge in [0, 0.05) is 24.3 Å². The molecule has 24 heavy (non-hydrogen) atoms. The van der Waals surface area contributed by atoms with Crippen LogP contribution in [0.5, 0.6) is 0 Å². The van der Waals surface area contributed by atoms with Crippen molar-refractivity contribution in [2.24, 2.45) is 11.8 Å². The van der Waals surface area contributed by atoms with Crippen LogP contribution in [0.2, 0.25) is 0 Å². The number of hydrogen-bond donors (Lipinski definition) is 2. The highest BCUT2D eigenvalue weighted by Gasteiger charge is 2.19. The van der Waals surface area contributed by atoms with Crippen LogP contribution in [0.15, 0.2) is 0 Å². The number of rotatable bonds is 10. The van der Waals surface area contributed by atoms with Gasteiger partial charge in [-0.3, -0.25) is 14.3 Å². The maximum atomic E-state index is 11.3. The normalized spacial score (nSPS) is 12.4. The summed E-state index contributed by atoms with van der Waals surface area (Å²) in [5.41, 5.74) is 2.92. The minimum atomic E-state index is -0.765. The number of ether oxygens (including phenoxy) is 1. The standard InChI is InChI=1S/C17H29N3O4/c1-11(2)8-14(17(22)23)9-18-10-15-12(3)19-20(13(15)4)7-6-16(21)24-5/h11,14,18H,6-10H2,1-5H3,(H,22,23). The second kappa shape index (κ2) is 9.42. The summed E-state index contributed by atoms with van der Waals surface area (Å²) in [5, 5.41) is 17.0. The first-order valence-corrected chi connectivity index (χ1v) is 8.29. The Kier molecular flexibility index (Phi) is 7.91. The number of carbonyl (C=O) groups excluding carboxylic acids is 1. The first kappa shape index (κ1) is 20.2. The van der Waals surface area contributed by atoms with Crippen molar-refractivity contribution in [1.82, 2.24) is 15.1 Å². The Balaban J connectivity index is 2.63. The number of esters is 1. The molecule has 0 spiro atoms. The van der Waals surface area contributed by atoms with Gasteiger partial charge in [-0.05, 0) is 26.2 Å². The lowest BCUT2D eigenvalue weighted by molar-refractivity contribution is -0.142. The third kappa shape index (κ3) is 5.96. The van der Waals surface area contributed by atoms with E-state index in [0.29, 0.717) is 32.0 Å². The Hall–Kier alpha value is -1.89. The van der Waals surface area contributed by atoms with Gasteiger partial charge in [0.05, 0.1) is 31.7 Å². The molecule has 0 aromatic carbocycles. The van der Waals surface area contributed by atoms with E-state index in [9.17, 15) is 14.7 Å². The van der Waals surface area contributed by atoms with Crippen molar-refractivity contribution in [2.75, 3.05) is 13.7 Å². The first-order valence-electron chi connectivity index (χ1n) is 8.29. The number of nitrogens with one attached hydrogen (secondary N) is 1. The quantitative estimate of drug-likeness (QED) is 0.632. The van der Waals surface area contributed by atoms with Gasteiger partial charge in [0.15, 0.2) is 0 Å². The third-order valence-corrected chi connectivity index (χ3v) is 4.08. The monoisotopic (exact) mass is 339 g/mol. The fourth-order valence-corrected chi connectivity index (χ4v) is 2.72. The number of methoxy groups -OCH3 is 1. The van der Waals surface area contributed by atoms with Crippen molar-refractivity contribution < 1.29 is 19.4 Å². The number of hydrogen-bond acceptors (Lipinski definition) is 5. The predicted octanol–water partition coefficient (Wildman–Crippen LogP) is 1.90. The van der Waals surface area contributed by atoms with Gasteiger partial charge in [-0.2, -0.15) is 5.10 Å². The summed E-state index contributed by atoms with van der Waals surface area (Å²) in [4.78, 5) is 22.5. The first-order chi connectivity index (χ1) is 11.3. The number of carboxylic acid groups (broad SMARTS) is 1. The van der Waals surface area contributed by atoms with Crippen LogP contribution >= 0.6 is 0 Å². The fraction of sp³-hybridized carbons (Fsp3) is 0.706. The molecule has 0 bridgehead atoms. The van der Waals surface area contributed by atoms with E-state index in [2.05, 4.69) is 15.2 Å². The molecule has 2 N–H and O–H groups in total. The van der Waals surface area contributed by atoms with E-state index in [-0.39, 0.29) is 18.3 Å². The topological polar surface area (TPSA) is 93.5 Å². The van der Waals surface area contributed by atoms with E-state index in [0.717, 1.165) is 17.0 Å². The molecule has 0 amide bonds. The molecule has 0 saturated carbocycles. The van der Waals surface area contributed by atoms with Crippen LogP contribution in [0.4, 0.5) is 0 Å². The molecule has 7 heteroatoms. The van der Waals surface area contributed by atoms with Crippen LogP contribution in [0.25, 0.3) is 0 Å². The molecule has 0 aliphatic carbocycles. The van der Waals surface area contributed by atoms with Gasteiger partial charge in [0.1, 0.15) is 0 Å². The molecule has 1 aromatic rings. The highest BCUT2D eigenvalue weighted by molar-refractivity contribution is 5.70. The van der Waals surface area contributed by atoms with Gasteiger partial charge in [-0.1, -0.05) is 13.8 Å². The van der Waals surface area contributed by atoms with Crippen molar-refractivity contribution in [1.29, 1.82) is 0 Å². The Bertz CT molecular complexity index is 566. The number of aryl methyl sites for hydroxylation is 2. The van der Waals surface area contributed by atoms with Gasteiger partial charge in [0.2, 0.25) is 0 Å². The molecule has 136 valence electrons. The second-order valence-electron chi connectivity index (χ2n) is 6.49. The van der Waals surface area contributed by atoms with Crippen LogP contribution in [0, 0.1) is 25.7 Å². The minimum absolute atomic E-state index is 0.264. The van der Waals surface area contributed by atoms with Gasteiger partial charge < -0.3 is 15.2 Å². The largest absolute Gasteiger partial charge is 0.481 e. The van der Waals surface area contributed by atoms with Gasteiger partial charge in [-0.15, -0.1) is 0 Å². The van der Waals surface area contributed by atoms with E-state index >= 15 is 0 Å². The van der Waals surface area contributed by atoms with Crippen molar-refractivity contribution in [3.05, 3.63) is 17.0 Å². The molecule has 1 rings (SSSR count). The SMILES string of the molecule is COC(=O)CCn1nc(C)c(CNCC(CC(C)C)C(=O)O)c1C. The molecule has 1 aromatic heterocycles. The number of nitrogens with zero attached hydrogens (tertiary/aromatic N) is 2. The lowest BCUT2D eigenvalue weighted by atomic mass is 9.97. The number of carboxylic acids is 1. The van der Waals surface area contributed by atoms with E-state index in [1.807, 2.05) is 27.7 Å². The Morgan fingerprint density at radius 3 is 2.54 bits per heavy atom. The number of aliphatic carboxylic acids is 1. The number of carbonyl (C=O) groups is 2. The average molecular weight is 339 g/mol. The average Bonchev–Trinajstić information content (AvgIpc) is 2.78. The maximum absolute atomic E-state index is 11.3. The third-order valence-electron chi connectivity index (χ3n) is 4.08. The number of aromatic nitrogens is 2. The van der Waals surface area contributed by atoms with E-state index < -0.39 is 5.97 Å². The Morgan fingerprint density at radius 1 is 1.33 bits per heavy atom. The molecule has 0 aliphatic heterocycles. The van der Waals surface area contributed by atoms with E-state index in [1.54, 1.807) is 4.68 Å². The molecule has 0 aliphatic rings. The lowest BCUT2D eigenvalue weighted by Crippen LogP contribution is -2.29. The zero-order valence-corrected chi connectivity index (χ0v) is 15.3. The van der Waals surface area contributed by atoms with Gasteiger partial charge in [0.25, 0.3) is 0 Å². The summed E-state index contributed by atoms with van der Waals surface area (Å²) < 4.78 is 6.44. The van der Waals surface area contributed by atoms with Crippen LogP contribution in [0.3, 0.4) is 0 Å². The molecular formula is C17H29N3O4. The smallest absolute Gasteiger partial charge is 0.307 e. The van der Waals surface area contributed by atoms with Gasteiger partial charge >= 0.3 is 11.9 Å². The predicted molar refractivity (Wildman–Crippen MR) is 90.6 cm³/mol. The summed E-state index contributed by atoms with van der Waals surface area (Å²) in [6.07, 6.45) is 0.930. The molecular weight excluding hydrogens is 310 g/mol. The molecule has 1 atom stereocenters. The molecule has 0 radical (unpaired) electrons. The van der Waals surface area contributed by atoms with Crippen LogP contribution in [0.1, 0.15) is 43.6 Å². The molecule has 1 unspecified atom stereocenters. The summed E-state index contributed by atoms with van der Waals surface area (Å²) in [5.74, 6) is -1.07. The summed E-state index contributed by atoms with van der Waals surface area (Å²) in [6.45, 7) is 9.39. The second-order valence-corrected chi connectivity index (χ2v) is 6.49. The Morgan fingerprint density at radius 2 is 2.00 bits per heavy atom. The molecule has 1 heterocycles. The van der Waals surface area contributed by atoms with Crippen LogP contribution in [-0.2, 0) is 27.4 Å². The van der Waals surface area contributed by atoms with Crippen molar-refractivity contribution in [2.45, 2.75) is 53.6 Å². The zero-order valence-electron chi connectivity index (χ0n) is 15.3. The van der Waals surface area contributed by atoms with Crippen molar-refractivity contribution >= 4 is 11.9 Å². The van der Waals surface area contributed by atoms with Crippen molar-refractivity contribution in [3.63, 3.8) is 0 Å². The Labute approximate surface area is 143 Å². The molecule has 0 fully saturated rings. The zero-order chi connectivity index (χ0) is 18.3. The fourth-order valence-electron chi connectivity index (χ4n) is 2.72. The molecule has 0 saturated heterocycles. The highest BCUT2D eigenvalue weighted by atomic mass is 16.5. The van der Waals surface area contributed by atoms with E-state index in [1.165, 1.54) is 7.11 Å². The minimum Gasteiger partial charge on any atom is -0.481 e. The molecule has 7 nitrogen and oxygen atoms in total. The summed E-state index contributed by atoms with van der Waals surface area (Å²) in [7, 11) is 1.37. The van der Waals surface area contributed by atoms with Crippen LogP contribution < -0.4 is 5.32 Å². The maximum Gasteiger partial charge on any atom is 0.307 e.